The Hall–Kier alpha value is -0.820. The maximum Gasteiger partial charge on any atom is 0.0614 e. The second-order valence-corrected chi connectivity index (χ2v) is 10.2. The summed E-state index contributed by atoms with van der Waals surface area (Å²) in [4.78, 5) is 0. The van der Waals surface area contributed by atoms with Crippen LogP contribution in [-0.4, -0.2) is 11.7 Å². The summed E-state index contributed by atoms with van der Waals surface area (Å²) in [6.45, 7) is 14.7. The third-order valence-corrected chi connectivity index (χ3v) is 7.90. The van der Waals surface area contributed by atoms with Crippen LogP contribution in [0.15, 0.2) is 35.5 Å². The van der Waals surface area contributed by atoms with Gasteiger partial charge in [0, 0.05) is 0 Å². The fraction of sp³-hybridized carbons (Fsp3) is 0.760. The molecule has 0 unspecified atom stereocenters. The Bertz CT molecular complexity index is 565. The van der Waals surface area contributed by atoms with Crippen LogP contribution in [0.2, 0.25) is 0 Å². The van der Waals surface area contributed by atoms with Gasteiger partial charge in [0.15, 0.2) is 0 Å². The number of hydrogen-bond donors (Lipinski definition) is 1. The molecule has 1 N–H and O–H groups in total. The van der Waals surface area contributed by atoms with Crippen LogP contribution in [0.25, 0.3) is 0 Å². The zero-order valence-electron chi connectivity index (χ0n) is 18.2. The molecule has 0 aromatic carbocycles. The lowest BCUT2D eigenvalue weighted by Gasteiger charge is -2.60. The Morgan fingerprint density at radius 2 is 1.73 bits per heavy atom. The standard InChI is InChI=1S/C25H42O/c1-20(10-7-11-21(2)14-19-26)13-18-24(5)16-8-12-22-23(3,4)15-9-17-25(22,24)6/h8,10,14,16,22,26H,7,9,11-13,15,17-19H2,1-6H3/b20-10+,21-14+/t22-,24+,25-/m0/s1. The molecule has 26 heavy (non-hydrogen) atoms. The minimum Gasteiger partial charge on any atom is -0.392 e. The molecule has 1 fully saturated rings. The molecule has 0 aromatic rings. The molecule has 148 valence electrons. The summed E-state index contributed by atoms with van der Waals surface area (Å²) in [5.74, 6) is 0.814. The molecule has 1 nitrogen and oxygen atoms in total. The molecule has 3 atom stereocenters. The molecule has 0 spiro atoms. The smallest absolute Gasteiger partial charge is 0.0614 e. The van der Waals surface area contributed by atoms with Crippen molar-refractivity contribution in [2.75, 3.05) is 6.61 Å². The van der Waals surface area contributed by atoms with Gasteiger partial charge in [-0.05, 0) is 81.0 Å². The van der Waals surface area contributed by atoms with E-state index >= 15 is 0 Å². The maximum absolute atomic E-state index is 8.96. The maximum atomic E-state index is 8.96. The van der Waals surface area contributed by atoms with E-state index in [1.165, 1.54) is 49.7 Å². The number of allylic oxidation sites excluding steroid dienone is 5. The molecule has 0 amide bonds. The van der Waals surface area contributed by atoms with E-state index in [2.05, 4.69) is 59.8 Å². The average molecular weight is 359 g/mol. The van der Waals surface area contributed by atoms with Gasteiger partial charge in [0.1, 0.15) is 0 Å². The largest absolute Gasteiger partial charge is 0.392 e. The lowest BCUT2D eigenvalue weighted by Crippen LogP contribution is -2.52. The number of hydrogen-bond acceptors (Lipinski definition) is 1. The van der Waals surface area contributed by atoms with Crippen LogP contribution in [0.1, 0.15) is 92.9 Å². The van der Waals surface area contributed by atoms with Gasteiger partial charge in [-0.25, -0.2) is 0 Å². The molecule has 0 aliphatic heterocycles. The number of aliphatic hydroxyl groups excluding tert-OH is 1. The van der Waals surface area contributed by atoms with Crippen LogP contribution in [0.3, 0.4) is 0 Å². The van der Waals surface area contributed by atoms with Gasteiger partial charge in [0.25, 0.3) is 0 Å². The minimum absolute atomic E-state index is 0.162. The molecule has 0 radical (unpaired) electrons. The molecule has 2 rings (SSSR count). The molecular formula is C25H42O. The third-order valence-electron chi connectivity index (χ3n) is 7.90. The van der Waals surface area contributed by atoms with Gasteiger partial charge in [-0.15, -0.1) is 0 Å². The van der Waals surface area contributed by atoms with E-state index in [1.54, 1.807) is 0 Å². The second-order valence-electron chi connectivity index (χ2n) is 10.2. The summed E-state index contributed by atoms with van der Waals surface area (Å²) in [6, 6.07) is 0. The second kappa shape index (κ2) is 8.46. The number of aliphatic hydroxyl groups is 1. The van der Waals surface area contributed by atoms with Crippen molar-refractivity contribution < 1.29 is 5.11 Å². The van der Waals surface area contributed by atoms with Crippen molar-refractivity contribution in [3.8, 4) is 0 Å². The van der Waals surface area contributed by atoms with Crippen molar-refractivity contribution in [2.45, 2.75) is 92.9 Å². The van der Waals surface area contributed by atoms with Crippen LogP contribution in [0, 0.1) is 22.2 Å². The summed E-state index contributed by atoms with van der Waals surface area (Å²) < 4.78 is 0. The first-order valence-corrected chi connectivity index (χ1v) is 10.7. The Morgan fingerprint density at radius 3 is 2.42 bits per heavy atom. The van der Waals surface area contributed by atoms with Crippen LogP contribution in [-0.2, 0) is 0 Å². The first-order chi connectivity index (χ1) is 12.1. The van der Waals surface area contributed by atoms with Crippen LogP contribution < -0.4 is 0 Å². The lowest BCUT2D eigenvalue weighted by molar-refractivity contribution is -0.0765. The first-order valence-electron chi connectivity index (χ1n) is 10.7. The topological polar surface area (TPSA) is 20.2 Å². The van der Waals surface area contributed by atoms with Crippen LogP contribution in [0.5, 0.6) is 0 Å². The van der Waals surface area contributed by atoms with E-state index in [9.17, 15) is 0 Å². The SMILES string of the molecule is C/C(=C\CO)CC/C=C(\C)CC[C@@]1(C)C=CC[C@H]2C(C)(C)CCC[C@@]21C. The van der Waals surface area contributed by atoms with Crippen molar-refractivity contribution in [3.63, 3.8) is 0 Å². The van der Waals surface area contributed by atoms with Gasteiger partial charge >= 0.3 is 0 Å². The summed E-state index contributed by atoms with van der Waals surface area (Å²) in [7, 11) is 0. The van der Waals surface area contributed by atoms with Crippen molar-refractivity contribution in [2.24, 2.45) is 22.2 Å². The van der Waals surface area contributed by atoms with E-state index in [0.717, 1.165) is 18.8 Å². The fourth-order valence-corrected chi connectivity index (χ4v) is 5.77. The number of fused-ring (bicyclic) bond motifs is 1. The van der Waals surface area contributed by atoms with Gasteiger partial charge in [-0.1, -0.05) is 69.6 Å². The third kappa shape index (κ3) is 4.53. The number of rotatable bonds is 7. The van der Waals surface area contributed by atoms with Crippen LogP contribution >= 0.6 is 0 Å². The molecule has 0 heterocycles. The summed E-state index contributed by atoms with van der Waals surface area (Å²) >= 11 is 0. The van der Waals surface area contributed by atoms with Crippen molar-refractivity contribution in [1.29, 1.82) is 0 Å². The highest BCUT2D eigenvalue weighted by molar-refractivity contribution is 5.18. The lowest BCUT2D eigenvalue weighted by atomic mass is 9.44. The predicted octanol–water partition coefficient (Wildman–Crippen LogP) is 7.23. The minimum atomic E-state index is 0.162. The van der Waals surface area contributed by atoms with E-state index in [1.807, 2.05) is 6.08 Å². The molecule has 0 saturated heterocycles. The molecule has 1 saturated carbocycles. The zero-order chi connectivity index (χ0) is 19.4. The Balaban J connectivity index is 2.02. The highest BCUT2D eigenvalue weighted by Crippen LogP contribution is 2.63. The normalized spacial score (nSPS) is 34.7. The highest BCUT2D eigenvalue weighted by Gasteiger charge is 2.55. The Morgan fingerprint density at radius 1 is 1.04 bits per heavy atom. The van der Waals surface area contributed by atoms with E-state index in [0.29, 0.717) is 16.2 Å². The van der Waals surface area contributed by atoms with Crippen molar-refractivity contribution in [3.05, 3.63) is 35.5 Å². The molecule has 2 aliphatic rings. The van der Waals surface area contributed by atoms with E-state index in [4.69, 9.17) is 5.11 Å². The van der Waals surface area contributed by atoms with Gasteiger partial charge in [0.2, 0.25) is 0 Å². The summed E-state index contributed by atoms with van der Waals surface area (Å²) in [5.41, 5.74) is 4.04. The van der Waals surface area contributed by atoms with E-state index < -0.39 is 0 Å². The molecular weight excluding hydrogens is 316 g/mol. The summed E-state index contributed by atoms with van der Waals surface area (Å²) in [6.07, 6.45) is 19.4. The fourth-order valence-electron chi connectivity index (χ4n) is 5.77. The molecule has 1 heteroatoms. The van der Waals surface area contributed by atoms with Crippen LogP contribution in [0.4, 0.5) is 0 Å². The molecule has 0 aromatic heterocycles. The average Bonchev–Trinajstić information content (AvgIpc) is 2.55. The quantitative estimate of drug-likeness (QED) is 0.476. The van der Waals surface area contributed by atoms with Crippen molar-refractivity contribution in [1.82, 2.24) is 0 Å². The molecule has 2 aliphatic carbocycles. The predicted molar refractivity (Wildman–Crippen MR) is 114 cm³/mol. The van der Waals surface area contributed by atoms with E-state index in [-0.39, 0.29) is 6.61 Å². The first kappa shape index (κ1) is 21.5. The highest BCUT2D eigenvalue weighted by atomic mass is 16.2. The van der Waals surface area contributed by atoms with Crippen molar-refractivity contribution >= 4 is 0 Å². The van der Waals surface area contributed by atoms with Gasteiger partial charge in [-0.2, -0.15) is 0 Å². The Kier molecular flexibility index (Phi) is 6.99. The molecule has 0 bridgehead atoms. The Labute approximate surface area is 162 Å². The van der Waals surface area contributed by atoms with Gasteiger partial charge < -0.3 is 5.11 Å². The monoisotopic (exact) mass is 358 g/mol. The van der Waals surface area contributed by atoms with Gasteiger partial charge in [-0.3, -0.25) is 0 Å². The summed E-state index contributed by atoms with van der Waals surface area (Å²) in [5, 5.41) is 8.96. The van der Waals surface area contributed by atoms with Gasteiger partial charge in [0.05, 0.1) is 6.61 Å². The zero-order valence-corrected chi connectivity index (χ0v) is 18.2.